The number of amides is 1. The van der Waals surface area contributed by atoms with E-state index in [1.807, 2.05) is 18.2 Å². The Hall–Kier alpha value is -3.11. The van der Waals surface area contributed by atoms with Gasteiger partial charge in [0, 0.05) is 15.8 Å². The van der Waals surface area contributed by atoms with Gasteiger partial charge in [0.25, 0.3) is 5.91 Å². The highest BCUT2D eigenvalue weighted by molar-refractivity contribution is 7.16. The summed E-state index contributed by atoms with van der Waals surface area (Å²) in [5, 5.41) is 13.4. The molecule has 0 radical (unpaired) electrons. The number of carbonyl (C=O) groups is 2. The molecule has 3 aromatic rings. The molecule has 0 saturated carbocycles. The molecule has 1 amide bonds. The average molecular weight is 380 g/mol. The summed E-state index contributed by atoms with van der Waals surface area (Å²) in [6.07, 6.45) is 2.84. The SMILES string of the molecule is Cc1c(C(=O)OCC(=O)Nc2sc3c(c2C#N)CCC3)oc2ccccc12. The number of aryl methyl sites for hydroxylation is 2. The van der Waals surface area contributed by atoms with Gasteiger partial charge in [-0.2, -0.15) is 5.26 Å². The van der Waals surface area contributed by atoms with Gasteiger partial charge in [0.15, 0.2) is 6.61 Å². The van der Waals surface area contributed by atoms with E-state index in [9.17, 15) is 14.9 Å². The number of nitrogens with zero attached hydrogens (tertiary/aromatic N) is 1. The zero-order chi connectivity index (χ0) is 19.0. The number of esters is 1. The fourth-order valence-corrected chi connectivity index (χ4v) is 4.59. The normalized spacial score (nSPS) is 12.6. The minimum Gasteiger partial charge on any atom is -0.450 e. The number of ether oxygens (including phenoxy) is 1. The fourth-order valence-electron chi connectivity index (χ4n) is 3.34. The van der Waals surface area contributed by atoms with Crippen molar-refractivity contribution < 1.29 is 18.7 Å². The van der Waals surface area contributed by atoms with E-state index in [1.54, 1.807) is 13.0 Å². The lowest BCUT2D eigenvalue weighted by atomic mass is 10.1. The third-order valence-electron chi connectivity index (χ3n) is 4.65. The fraction of sp³-hybridized carbons (Fsp3) is 0.250. The smallest absolute Gasteiger partial charge is 0.375 e. The Balaban J connectivity index is 1.43. The van der Waals surface area contributed by atoms with Gasteiger partial charge in [-0.15, -0.1) is 11.3 Å². The molecular formula is C20H16N2O4S. The molecule has 0 bridgehead atoms. The maximum Gasteiger partial charge on any atom is 0.375 e. The molecule has 0 saturated heterocycles. The van der Waals surface area contributed by atoms with Gasteiger partial charge in [0.05, 0.1) is 5.56 Å². The average Bonchev–Trinajstić information content (AvgIpc) is 3.33. The maximum atomic E-state index is 12.3. The van der Waals surface area contributed by atoms with Crippen LogP contribution in [0.1, 0.15) is 38.5 Å². The van der Waals surface area contributed by atoms with Gasteiger partial charge in [-0.1, -0.05) is 18.2 Å². The Morgan fingerprint density at radius 2 is 2.15 bits per heavy atom. The van der Waals surface area contributed by atoms with E-state index >= 15 is 0 Å². The van der Waals surface area contributed by atoms with Crippen molar-refractivity contribution in [3.8, 4) is 6.07 Å². The van der Waals surface area contributed by atoms with Crippen molar-refractivity contribution in [1.29, 1.82) is 5.26 Å². The molecule has 2 heterocycles. The Kier molecular flexibility index (Phi) is 4.42. The first-order chi connectivity index (χ1) is 13.1. The monoisotopic (exact) mass is 380 g/mol. The zero-order valence-corrected chi connectivity index (χ0v) is 15.4. The number of nitrogens with one attached hydrogen (secondary N) is 1. The number of thiophene rings is 1. The van der Waals surface area contributed by atoms with Gasteiger partial charge >= 0.3 is 5.97 Å². The van der Waals surface area contributed by atoms with Crippen molar-refractivity contribution in [2.24, 2.45) is 0 Å². The molecule has 7 heteroatoms. The zero-order valence-electron chi connectivity index (χ0n) is 14.6. The molecule has 1 aromatic carbocycles. The predicted octanol–water partition coefficient (Wildman–Crippen LogP) is 3.96. The first-order valence-corrected chi connectivity index (χ1v) is 9.40. The molecule has 0 spiro atoms. The van der Waals surface area contributed by atoms with E-state index < -0.39 is 18.5 Å². The number of hydrogen-bond acceptors (Lipinski definition) is 6. The van der Waals surface area contributed by atoms with Gasteiger partial charge in [0.1, 0.15) is 16.7 Å². The number of anilines is 1. The van der Waals surface area contributed by atoms with Crippen molar-refractivity contribution in [1.82, 2.24) is 0 Å². The Morgan fingerprint density at radius 3 is 2.93 bits per heavy atom. The van der Waals surface area contributed by atoms with Crippen molar-refractivity contribution in [3.63, 3.8) is 0 Å². The quantitative estimate of drug-likeness (QED) is 0.692. The van der Waals surface area contributed by atoms with Crippen LogP contribution < -0.4 is 5.32 Å². The summed E-state index contributed by atoms with van der Waals surface area (Å²) in [6, 6.07) is 9.47. The van der Waals surface area contributed by atoms with Crippen molar-refractivity contribution in [3.05, 3.63) is 51.6 Å². The number of fused-ring (bicyclic) bond motifs is 2. The molecule has 136 valence electrons. The summed E-state index contributed by atoms with van der Waals surface area (Å²) in [5.74, 6) is -1.07. The van der Waals surface area contributed by atoms with Crippen LogP contribution >= 0.6 is 11.3 Å². The summed E-state index contributed by atoms with van der Waals surface area (Å²) >= 11 is 1.42. The lowest BCUT2D eigenvalue weighted by molar-refractivity contribution is -0.119. The second-order valence-electron chi connectivity index (χ2n) is 6.35. The summed E-state index contributed by atoms with van der Waals surface area (Å²) in [4.78, 5) is 25.6. The van der Waals surface area contributed by atoms with Crippen LogP contribution in [0.4, 0.5) is 5.00 Å². The summed E-state index contributed by atoms with van der Waals surface area (Å²) < 4.78 is 10.6. The second-order valence-corrected chi connectivity index (χ2v) is 7.46. The molecular weight excluding hydrogens is 364 g/mol. The Morgan fingerprint density at radius 1 is 1.33 bits per heavy atom. The third kappa shape index (κ3) is 3.09. The number of carbonyl (C=O) groups excluding carboxylic acids is 2. The molecule has 0 atom stereocenters. The van der Waals surface area contributed by atoms with Crippen LogP contribution in [0.5, 0.6) is 0 Å². The number of hydrogen-bond donors (Lipinski definition) is 1. The van der Waals surface area contributed by atoms with Gasteiger partial charge in [-0.3, -0.25) is 4.79 Å². The van der Waals surface area contributed by atoms with E-state index in [0.29, 0.717) is 21.7 Å². The lowest BCUT2D eigenvalue weighted by Gasteiger charge is -2.05. The van der Waals surface area contributed by atoms with Crippen LogP contribution in [-0.4, -0.2) is 18.5 Å². The minimum absolute atomic E-state index is 0.0943. The van der Waals surface area contributed by atoms with E-state index in [1.165, 1.54) is 11.3 Å². The molecule has 1 aliphatic carbocycles. The number of benzene rings is 1. The highest BCUT2D eigenvalue weighted by atomic mass is 32.1. The molecule has 0 aliphatic heterocycles. The first-order valence-electron chi connectivity index (χ1n) is 8.58. The van der Waals surface area contributed by atoms with Crippen molar-refractivity contribution in [2.75, 3.05) is 11.9 Å². The summed E-state index contributed by atoms with van der Waals surface area (Å²) in [5.41, 5.74) is 2.84. The third-order valence-corrected chi connectivity index (χ3v) is 5.86. The number of furan rings is 1. The van der Waals surface area contributed by atoms with E-state index in [4.69, 9.17) is 9.15 Å². The lowest BCUT2D eigenvalue weighted by Crippen LogP contribution is -2.21. The Bertz CT molecular complexity index is 1100. The highest BCUT2D eigenvalue weighted by Gasteiger charge is 2.24. The first kappa shape index (κ1) is 17.3. The summed E-state index contributed by atoms with van der Waals surface area (Å²) in [6.45, 7) is 1.33. The van der Waals surface area contributed by atoms with Gasteiger partial charge in [0.2, 0.25) is 5.76 Å². The standard InChI is InChI=1S/C20H16N2O4S/c1-11-12-5-2-3-7-15(12)26-18(11)20(24)25-10-17(23)22-19-14(9-21)13-6-4-8-16(13)27-19/h2-3,5,7H,4,6,8,10H2,1H3,(H,22,23). The van der Waals surface area contributed by atoms with Crippen LogP contribution in [-0.2, 0) is 22.4 Å². The van der Waals surface area contributed by atoms with Crippen LogP contribution in [0, 0.1) is 18.3 Å². The van der Waals surface area contributed by atoms with Crippen LogP contribution in [0.3, 0.4) is 0 Å². The molecule has 0 fully saturated rings. The summed E-state index contributed by atoms with van der Waals surface area (Å²) in [7, 11) is 0. The number of nitriles is 1. The van der Waals surface area contributed by atoms with Crippen molar-refractivity contribution in [2.45, 2.75) is 26.2 Å². The molecule has 0 unspecified atom stereocenters. The van der Waals surface area contributed by atoms with E-state index in [-0.39, 0.29) is 5.76 Å². The van der Waals surface area contributed by atoms with Gasteiger partial charge in [-0.05, 0) is 37.8 Å². The molecule has 2 aromatic heterocycles. The molecule has 4 rings (SSSR count). The van der Waals surface area contributed by atoms with Crippen LogP contribution in [0.25, 0.3) is 11.0 Å². The molecule has 1 N–H and O–H groups in total. The molecule has 6 nitrogen and oxygen atoms in total. The maximum absolute atomic E-state index is 12.3. The predicted molar refractivity (Wildman–Crippen MR) is 101 cm³/mol. The topological polar surface area (TPSA) is 92.3 Å². The van der Waals surface area contributed by atoms with Crippen LogP contribution in [0.15, 0.2) is 28.7 Å². The van der Waals surface area contributed by atoms with Gasteiger partial charge < -0.3 is 14.5 Å². The van der Waals surface area contributed by atoms with Gasteiger partial charge in [-0.25, -0.2) is 4.79 Å². The highest BCUT2D eigenvalue weighted by Crippen LogP contribution is 2.38. The molecule has 1 aliphatic rings. The van der Waals surface area contributed by atoms with E-state index in [2.05, 4.69) is 11.4 Å². The second kappa shape index (κ2) is 6.89. The van der Waals surface area contributed by atoms with E-state index in [0.717, 1.165) is 35.1 Å². The Labute approximate surface area is 159 Å². The van der Waals surface area contributed by atoms with Crippen molar-refractivity contribution >= 4 is 39.2 Å². The molecule has 27 heavy (non-hydrogen) atoms. The minimum atomic E-state index is -0.687. The number of rotatable bonds is 4. The van der Waals surface area contributed by atoms with Crippen LogP contribution in [0.2, 0.25) is 0 Å². The number of para-hydroxylation sites is 1. The largest absolute Gasteiger partial charge is 0.450 e.